The first-order valence-electron chi connectivity index (χ1n) is 6.55. The predicted molar refractivity (Wildman–Crippen MR) is 72.3 cm³/mol. The van der Waals surface area contributed by atoms with Crippen LogP contribution >= 0.6 is 0 Å². The van der Waals surface area contributed by atoms with E-state index in [1.54, 1.807) is 12.1 Å². The number of fused-ring (bicyclic) bond motifs is 2. The van der Waals surface area contributed by atoms with Crippen molar-refractivity contribution in [2.24, 2.45) is 0 Å². The average molecular weight is 262 g/mol. The van der Waals surface area contributed by atoms with Crippen LogP contribution in [-0.4, -0.2) is 38.4 Å². The highest BCUT2D eigenvalue weighted by Crippen LogP contribution is 2.32. The molecule has 1 aromatic rings. The summed E-state index contributed by atoms with van der Waals surface area (Å²) < 4.78 is 10.5. The van der Waals surface area contributed by atoms with Crippen molar-refractivity contribution in [3.63, 3.8) is 0 Å². The van der Waals surface area contributed by atoms with Crippen molar-refractivity contribution in [1.29, 1.82) is 0 Å². The summed E-state index contributed by atoms with van der Waals surface area (Å²) in [5.41, 5.74) is 8.15. The van der Waals surface area contributed by atoms with Gasteiger partial charge in [0.05, 0.1) is 36.3 Å². The van der Waals surface area contributed by atoms with Crippen LogP contribution in [0.3, 0.4) is 0 Å². The molecule has 2 bridgehead atoms. The SMILES string of the molecule is COC(=O)c1ccc(N2CC3CCC(C2)O3)c(N)c1. The number of carbonyl (C=O) groups is 1. The van der Waals surface area contributed by atoms with Crippen molar-refractivity contribution in [3.05, 3.63) is 23.8 Å². The number of carbonyl (C=O) groups excluding carboxylic acids is 1. The number of nitrogen functional groups attached to an aromatic ring is 1. The van der Waals surface area contributed by atoms with Gasteiger partial charge in [-0.1, -0.05) is 0 Å². The number of benzene rings is 1. The first-order chi connectivity index (χ1) is 9.17. The molecule has 5 heteroatoms. The average Bonchev–Trinajstić information content (AvgIpc) is 2.76. The van der Waals surface area contributed by atoms with E-state index in [-0.39, 0.29) is 5.97 Å². The van der Waals surface area contributed by atoms with Crippen LogP contribution in [-0.2, 0) is 9.47 Å². The molecule has 2 aliphatic rings. The van der Waals surface area contributed by atoms with Gasteiger partial charge in [0.15, 0.2) is 0 Å². The number of esters is 1. The molecule has 2 unspecified atom stereocenters. The minimum atomic E-state index is -0.361. The summed E-state index contributed by atoms with van der Waals surface area (Å²) in [4.78, 5) is 13.7. The fraction of sp³-hybridized carbons (Fsp3) is 0.500. The Kier molecular flexibility index (Phi) is 3.06. The van der Waals surface area contributed by atoms with Crippen LogP contribution in [0.15, 0.2) is 18.2 Å². The van der Waals surface area contributed by atoms with Gasteiger partial charge < -0.3 is 20.1 Å². The van der Waals surface area contributed by atoms with Gasteiger partial charge in [-0.25, -0.2) is 4.79 Å². The number of hydrogen-bond donors (Lipinski definition) is 1. The number of rotatable bonds is 2. The monoisotopic (exact) mass is 262 g/mol. The quantitative estimate of drug-likeness (QED) is 0.645. The Morgan fingerprint density at radius 3 is 2.63 bits per heavy atom. The van der Waals surface area contributed by atoms with Crippen LogP contribution in [0.1, 0.15) is 23.2 Å². The van der Waals surface area contributed by atoms with Gasteiger partial charge in [-0.05, 0) is 31.0 Å². The number of ether oxygens (including phenoxy) is 2. The molecule has 2 fully saturated rings. The van der Waals surface area contributed by atoms with Gasteiger partial charge in [0.1, 0.15) is 0 Å². The van der Waals surface area contributed by atoms with Gasteiger partial charge in [-0.3, -0.25) is 0 Å². The Bertz CT molecular complexity index is 491. The summed E-state index contributed by atoms with van der Waals surface area (Å²) in [5.74, 6) is -0.361. The minimum Gasteiger partial charge on any atom is -0.465 e. The molecule has 0 saturated carbocycles. The van der Waals surface area contributed by atoms with E-state index in [4.69, 9.17) is 15.2 Å². The summed E-state index contributed by atoms with van der Waals surface area (Å²) in [6, 6.07) is 5.33. The lowest BCUT2D eigenvalue weighted by Gasteiger charge is -2.34. The molecule has 2 N–H and O–H groups in total. The smallest absolute Gasteiger partial charge is 0.337 e. The zero-order valence-corrected chi connectivity index (χ0v) is 11.0. The summed E-state index contributed by atoms with van der Waals surface area (Å²) in [5, 5.41) is 0. The van der Waals surface area contributed by atoms with Crippen molar-refractivity contribution in [1.82, 2.24) is 0 Å². The Morgan fingerprint density at radius 2 is 2.05 bits per heavy atom. The number of morpholine rings is 1. The Balaban J connectivity index is 1.83. The maximum atomic E-state index is 11.5. The van der Waals surface area contributed by atoms with E-state index in [1.807, 2.05) is 6.07 Å². The molecular weight excluding hydrogens is 244 g/mol. The summed E-state index contributed by atoms with van der Waals surface area (Å²) in [6.45, 7) is 1.75. The lowest BCUT2D eigenvalue weighted by Crippen LogP contribution is -2.42. The number of anilines is 2. The molecule has 0 spiro atoms. The Labute approximate surface area is 112 Å². The summed E-state index contributed by atoms with van der Waals surface area (Å²) in [7, 11) is 1.37. The van der Waals surface area contributed by atoms with Gasteiger partial charge in [-0.2, -0.15) is 0 Å². The molecule has 3 rings (SSSR count). The van der Waals surface area contributed by atoms with Gasteiger partial charge in [0.25, 0.3) is 0 Å². The summed E-state index contributed by atoms with van der Waals surface area (Å²) >= 11 is 0. The first kappa shape index (κ1) is 12.3. The standard InChI is InChI=1S/C14H18N2O3/c1-18-14(17)9-2-5-13(12(15)6-9)16-7-10-3-4-11(8-16)19-10/h2,5-6,10-11H,3-4,7-8,15H2,1H3. The third-order valence-corrected chi connectivity index (χ3v) is 3.83. The van der Waals surface area contributed by atoms with Crippen LogP contribution in [0, 0.1) is 0 Å². The van der Waals surface area contributed by atoms with Crippen LogP contribution < -0.4 is 10.6 Å². The molecule has 0 radical (unpaired) electrons. The molecule has 2 atom stereocenters. The molecule has 1 aromatic carbocycles. The molecular formula is C14H18N2O3. The van der Waals surface area contributed by atoms with Gasteiger partial charge >= 0.3 is 5.97 Å². The second kappa shape index (κ2) is 4.74. The Morgan fingerprint density at radius 1 is 1.37 bits per heavy atom. The Hall–Kier alpha value is -1.75. The molecule has 0 amide bonds. The van der Waals surface area contributed by atoms with E-state index >= 15 is 0 Å². The zero-order valence-electron chi connectivity index (χ0n) is 11.0. The van der Waals surface area contributed by atoms with Crippen molar-refractivity contribution >= 4 is 17.3 Å². The van der Waals surface area contributed by atoms with Crippen molar-refractivity contribution in [3.8, 4) is 0 Å². The summed E-state index contributed by atoms with van der Waals surface area (Å²) in [6.07, 6.45) is 2.89. The molecule has 0 aliphatic carbocycles. The van der Waals surface area contributed by atoms with Crippen LogP contribution in [0.4, 0.5) is 11.4 Å². The molecule has 0 aromatic heterocycles. The number of methoxy groups -OCH3 is 1. The van der Waals surface area contributed by atoms with E-state index in [0.29, 0.717) is 23.5 Å². The second-order valence-electron chi connectivity index (χ2n) is 5.13. The fourth-order valence-corrected chi connectivity index (χ4v) is 2.90. The third-order valence-electron chi connectivity index (χ3n) is 3.83. The maximum absolute atomic E-state index is 11.5. The van der Waals surface area contributed by atoms with Crippen LogP contribution in [0.5, 0.6) is 0 Å². The third kappa shape index (κ3) is 2.26. The largest absolute Gasteiger partial charge is 0.465 e. The highest BCUT2D eigenvalue weighted by molar-refractivity contribution is 5.92. The van der Waals surface area contributed by atoms with Crippen molar-refractivity contribution < 1.29 is 14.3 Å². The highest BCUT2D eigenvalue weighted by atomic mass is 16.5. The van der Waals surface area contributed by atoms with Gasteiger partial charge in [-0.15, -0.1) is 0 Å². The minimum absolute atomic E-state index is 0.318. The lowest BCUT2D eigenvalue weighted by molar-refractivity contribution is 0.0305. The molecule has 19 heavy (non-hydrogen) atoms. The molecule has 2 heterocycles. The number of nitrogens with zero attached hydrogens (tertiary/aromatic N) is 1. The topological polar surface area (TPSA) is 64.8 Å². The normalized spacial score (nSPS) is 25.4. The molecule has 5 nitrogen and oxygen atoms in total. The lowest BCUT2D eigenvalue weighted by atomic mass is 10.1. The second-order valence-corrected chi connectivity index (χ2v) is 5.13. The van der Waals surface area contributed by atoms with Crippen molar-refractivity contribution in [2.45, 2.75) is 25.0 Å². The van der Waals surface area contributed by atoms with Gasteiger partial charge in [0.2, 0.25) is 0 Å². The highest BCUT2D eigenvalue weighted by Gasteiger charge is 2.34. The zero-order chi connectivity index (χ0) is 13.4. The maximum Gasteiger partial charge on any atom is 0.337 e. The first-order valence-corrected chi connectivity index (χ1v) is 6.55. The van der Waals surface area contributed by atoms with Crippen molar-refractivity contribution in [2.75, 3.05) is 30.8 Å². The van der Waals surface area contributed by atoms with E-state index in [1.165, 1.54) is 7.11 Å². The molecule has 2 aliphatic heterocycles. The predicted octanol–water partition coefficient (Wildman–Crippen LogP) is 1.42. The molecule has 102 valence electrons. The van der Waals surface area contributed by atoms with Crippen LogP contribution in [0.2, 0.25) is 0 Å². The van der Waals surface area contributed by atoms with Gasteiger partial charge in [0, 0.05) is 13.1 Å². The van der Waals surface area contributed by atoms with E-state index in [9.17, 15) is 4.79 Å². The van der Waals surface area contributed by atoms with Crippen LogP contribution in [0.25, 0.3) is 0 Å². The fourth-order valence-electron chi connectivity index (χ4n) is 2.90. The van der Waals surface area contributed by atoms with E-state index in [2.05, 4.69) is 4.90 Å². The number of nitrogens with two attached hydrogens (primary N) is 1. The van der Waals surface area contributed by atoms with E-state index in [0.717, 1.165) is 31.6 Å². The molecule has 2 saturated heterocycles. The van der Waals surface area contributed by atoms with E-state index < -0.39 is 0 Å². The number of hydrogen-bond acceptors (Lipinski definition) is 5.